The van der Waals surface area contributed by atoms with Gasteiger partial charge in [0.05, 0.1) is 38.0 Å². The van der Waals surface area contributed by atoms with Crippen molar-refractivity contribution >= 4 is 21.8 Å². The Morgan fingerprint density at radius 2 is 1.85 bits per heavy atom. The van der Waals surface area contributed by atoms with Gasteiger partial charge in [0.2, 0.25) is 0 Å². The van der Waals surface area contributed by atoms with Gasteiger partial charge in [0.1, 0.15) is 5.75 Å². The molecule has 2 aromatic carbocycles. The SMILES string of the molecule is COc1ccc(CN(C(=O)c2cc(C(F)(F)F)ccc2Br)C2=CCC3(CC2)OCCO3)cc1. The molecule has 1 aliphatic heterocycles. The molecule has 1 saturated heterocycles. The lowest BCUT2D eigenvalue weighted by atomic mass is 9.96. The van der Waals surface area contributed by atoms with Crippen molar-refractivity contribution < 1.29 is 32.2 Å². The lowest BCUT2D eigenvalue weighted by molar-refractivity contribution is -0.162. The minimum atomic E-state index is -4.55. The Bertz CT molecular complexity index is 1050. The maximum atomic E-state index is 13.6. The van der Waals surface area contributed by atoms with Crippen molar-refractivity contribution in [2.45, 2.75) is 37.8 Å². The van der Waals surface area contributed by atoms with Crippen molar-refractivity contribution in [3.05, 3.63) is 75.4 Å². The number of ether oxygens (including phenoxy) is 3. The molecule has 1 spiro atoms. The van der Waals surface area contributed by atoms with E-state index in [1.807, 2.05) is 18.2 Å². The predicted molar refractivity (Wildman–Crippen MR) is 119 cm³/mol. The fraction of sp³-hybridized carbons (Fsp3) is 0.375. The molecule has 0 radical (unpaired) electrons. The van der Waals surface area contributed by atoms with E-state index in [4.69, 9.17) is 14.2 Å². The maximum absolute atomic E-state index is 13.6. The molecule has 4 rings (SSSR count). The van der Waals surface area contributed by atoms with E-state index < -0.39 is 23.4 Å². The van der Waals surface area contributed by atoms with Crippen LogP contribution in [0, 0.1) is 0 Å². The van der Waals surface area contributed by atoms with Gasteiger partial charge < -0.3 is 19.1 Å². The van der Waals surface area contributed by atoms with Gasteiger partial charge >= 0.3 is 6.18 Å². The average molecular weight is 526 g/mol. The van der Waals surface area contributed by atoms with E-state index in [9.17, 15) is 18.0 Å². The van der Waals surface area contributed by atoms with Crippen LogP contribution in [0.4, 0.5) is 13.2 Å². The molecule has 2 aromatic rings. The van der Waals surface area contributed by atoms with E-state index in [1.54, 1.807) is 19.2 Å². The van der Waals surface area contributed by atoms with Crippen molar-refractivity contribution in [2.75, 3.05) is 20.3 Å². The van der Waals surface area contributed by atoms with Crippen LogP contribution in [0.25, 0.3) is 0 Å². The predicted octanol–water partition coefficient (Wildman–Crippen LogP) is 5.93. The highest BCUT2D eigenvalue weighted by Crippen LogP contribution is 2.38. The zero-order chi connectivity index (χ0) is 23.6. The van der Waals surface area contributed by atoms with Crippen LogP contribution < -0.4 is 4.74 Å². The van der Waals surface area contributed by atoms with Gasteiger partial charge in [0.15, 0.2) is 5.79 Å². The van der Waals surface area contributed by atoms with E-state index in [2.05, 4.69) is 15.9 Å². The summed E-state index contributed by atoms with van der Waals surface area (Å²) in [5, 5.41) is 0. The number of hydrogen-bond donors (Lipinski definition) is 0. The first-order chi connectivity index (χ1) is 15.7. The molecular weight excluding hydrogens is 503 g/mol. The summed E-state index contributed by atoms with van der Waals surface area (Å²) in [6.07, 6.45) is -1.13. The average Bonchev–Trinajstić information content (AvgIpc) is 3.25. The van der Waals surface area contributed by atoms with Crippen molar-refractivity contribution in [1.29, 1.82) is 0 Å². The highest BCUT2D eigenvalue weighted by molar-refractivity contribution is 9.10. The van der Waals surface area contributed by atoms with Crippen molar-refractivity contribution in [1.82, 2.24) is 4.90 Å². The number of rotatable bonds is 5. The molecule has 9 heteroatoms. The third-order valence-electron chi connectivity index (χ3n) is 5.84. The number of amides is 1. The fourth-order valence-electron chi connectivity index (χ4n) is 4.03. The second-order valence-electron chi connectivity index (χ2n) is 7.94. The summed E-state index contributed by atoms with van der Waals surface area (Å²) < 4.78 is 56.9. The van der Waals surface area contributed by atoms with Crippen LogP contribution in [0.15, 0.2) is 58.7 Å². The monoisotopic (exact) mass is 525 g/mol. The summed E-state index contributed by atoms with van der Waals surface area (Å²) in [6, 6.07) is 10.3. The smallest absolute Gasteiger partial charge is 0.416 e. The quantitative estimate of drug-likeness (QED) is 0.485. The molecule has 2 aliphatic rings. The standard InChI is InChI=1S/C24H23BrF3NO4/c1-31-19-5-2-16(3-6-19)15-29(18-8-10-23(11-9-18)32-12-13-33-23)22(30)20-14-17(24(26,27)28)4-7-21(20)25/h2-8,14H,9-13,15H2,1H3. The normalized spacial score (nSPS) is 17.7. The van der Waals surface area contributed by atoms with Crippen molar-refractivity contribution in [2.24, 2.45) is 0 Å². The summed E-state index contributed by atoms with van der Waals surface area (Å²) in [4.78, 5) is 15.1. The van der Waals surface area contributed by atoms with Crippen LogP contribution in [0.1, 0.15) is 40.7 Å². The van der Waals surface area contributed by atoms with Crippen LogP contribution in [0.5, 0.6) is 5.75 Å². The largest absolute Gasteiger partial charge is 0.497 e. The van der Waals surface area contributed by atoms with Crippen molar-refractivity contribution in [3.8, 4) is 5.75 Å². The summed E-state index contributed by atoms with van der Waals surface area (Å²) >= 11 is 3.25. The zero-order valence-electron chi connectivity index (χ0n) is 18.0. The van der Waals surface area contributed by atoms with Gasteiger partial charge in [-0.2, -0.15) is 13.2 Å². The highest BCUT2D eigenvalue weighted by atomic mass is 79.9. The second kappa shape index (κ2) is 9.48. The molecule has 33 heavy (non-hydrogen) atoms. The molecule has 1 heterocycles. The molecule has 176 valence electrons. The van der Waals surface area contributed by atoms with Gasteiger partial charge in [-0.25, -0.2) is 0 Å². The van der Waals surface area contributed by atoms with Crippen LogP contribution >= 0.6 is 15.9 Å². The summed E-state index contributed by atoms with van der Waals surface area (Å²) in [5.41, 5.74) is 0.627. The Kier molecular flexibility index (Phi) is 6.83. The van der Waals surface area contributed by atoms with Gasteiger partial charge in [-0.05, 0) is 58.2 Å². The topological polar surface area (TPSA) is 48.0 Å². The molecule has 0 aromatic heterocycles. The summed E-state index contributed by atoms with van der Waals surface area (Å²) in [7, 11) is 1.56. The highest BCUT2D eigenvalue weighted by Gasteiger charge is 2.39. The summed E-state index contributed by atoms with van der Waals surface area (Å²) in [5.74, 6) is -0.513. The van der Waals surface area contributed by atoms with Gasteiger partial charge in [-0.1, -0.05) is 18.2 Å². The first kappa shape index (κ1) is 23.8. The third-order valence-corrected chi connectivity index (χ3v) is 6.53. The summed E-state index contributed by atoms with van der Waals surface area (Å²) in [6.45, 7) is 1.25. The number of carbonyl (C=O) groups excluding carboxylic acids is 1. The molecule has 0 atom stereocenters. The van der Waals surface area contributed by atoms with E-state index in [-0.39, 0.29) is 12.1 Å². The van der Waals surface area contributed by atoms with Crippen molar-refractivity contribution in [3.63, 3.8) is 0 Å². The number of allylic oxidation sites excluding steroid dienone is 1. The van der Waals surface area contributed by atoms with Crippen LogP contribution in [-0.4, -0.2) is 36.9 Å². The zero-order valence-corrected chi connectivity index (χ0v) is 19.5. The molecule has 1 amide bonds. The third kappa shape index (κ3) is 5.26. The molecule has 1 aliphatic carbocycles. The van der Waals surface area contributed by atoms with Gasteiger partial charge in [-0.15, -0.1) is 0 Å². The Balaban J connectivity index is 1.67. The molecule has 5 nitrogen and oxygen atoms in total. The first-order valence-corrected chi connectivity index (χ1v) is 11.3. The Hall–Kier alpha value is -2.36. The maximum Gasteiger partial charge on any atom is 0.416 e. The van der Waals surface area contributed by atoms with E-state index >= 15 is 0 Å². The molecule has 0 bridgehead atoms. The second-order valence-corrected chi connectivity index (χ2v) is 8.79. The number of halogens is 4. The van der Waals surface area contributed by atoms with Crippen LogP contribution in [0.3, 0.4) is 0 Å². The number of nitrogens with zero attached hydrogens (tertiary/aromatic N) is 1. The molecule has 0 saturated carbocycles. The lowest BCUT2D eigenvalue weighted by Crippen LogP contribution is -2.37. The van der Waals surface area contributed by atoms with E-state index in [0.29, 0.717) is 42.7 Å². The molecule has 1 fully saturated rings. The van der Waals surface area contributed by atoms with Gasteiger partial charge in [0.25, 0.3) is 5.91 Å². The minimum Gasteiger partial charge on any atom is -0.497 e. The number of carbonyl (C=O) groups is 1. The van der Waals surface area contributed by atoms with Gasteiger partial charge in [-0.3, -0.25) is 4.79 Å². The molecule has 0 N–H and O–H groups in total. The molecule has 0 unspecified atom stereocenters. The minimum absolute atomic E-state index is 0.0483. The first-order valence-electron chi connectivity index (χ1n) is 10.5. The van der Waals surface area contributed by atoms with Crippen LogP contribution in [-0.2, 0) is 22.2 Å². The number of methoxy groups -OCH3 is 1. The molecular formula is C24H23BrF3NO4. The Morgan fingerprint density at radius 3 is 2.42 bits per heavy atom. The Labute approximate surface area is 198 Å². The fourth-order valence-corrected chi connectivity index (χ4v) is 4.44. The number of benzene rings is 2. The Morgan fingerprint density at radius 1 is 1.15 bits per heavy atom. The number of alkyl halides is 3. The number of hydrogen-bond acceptors (Lipinski definition) is 4. The van der Waals surface area contributed by atoms with E-state index in [0.717, 1.165) is 23.4 Å². The van der Waals surface area contributed by atoms with Crippen LogP contribution in [0.2, 0.25) is 0 Å². The van der Waals surface area contributed by atoms with Gasteiger partial charge in [0, 0.05) is 23.0 Å². The van der Waals surface area contributed by atoms with E-state index in [1.165, 1.54) is 11.0 Å². The lowest BCUT2D eigenvalue weighted by Gasteiger charge is -2.35.